The lowest BCUT2D eigenvalue weighted by Gasteiger charge is -2.54. The zero-order chi connectivity index (χ0) is 26.6. The van der Waals surface area contributed by atoms with Gasteiger partial charge >= 0.3 is 0 Å². The monoisotopic (exact) mass is 494 g/mol. The molecule has 0 spiro atoms. The number of amides is 3. The second kappa shape index (κ2) is 9.24. The first kappa shape index (κ1) is 26.2. The van der Waals surface area contributed by atoms with Crippen LogP contribution in [0.5, 0.6) is 0 Å². The minimum atomic E-state index is -0.806. The number of H-pyrrole nitrogens is 1. The normalized spacial score (nSPS) is 24.2. The number of hydrogen-bond donors (Lipinski definition) is 2. The third-order valence-electron chi connectivity index (χ3n) is 7.89. The van der Waals surface area contributed by atoms with E-state index in [4.69, 9.17) is 0 Å². The molecule has 0 aliphatic carbocycles. The van der Waals surface area contributed by atoms with Gasteiger partial charge in [0.1, 0.15) is 0 Å². The third kappa shape index (κ3) is 4.41. The van der Waals surface area contributed by atoms with Crippen molar-refractivity contribution in [2.24, 2.45) is 11.8 Å². The van der Waals surface area contributed by atoms with Gasteiger partial charge < -0.3 is 20.1 Å². The predicted octanol–water partition coefficient (Wildman–Crippen LogP) is 4.35. The topological polar surface area (TPSA) is 85.5 Å². The molecule has 1 saturated heterocycles. The summed E-state index contributed by atoms with van der Waals surface area (Å²) in [5, 5.41) is 4.15. The van der Waals surface area contributed by atoms with E-state index >= 15 is 0 Å². The van der Waals surface area contributed by atoms with Crippen LogP contribution >= 0.6 is 0 Å². The van der Waals surface area contributed by atoms with Crippen molar-refractivity contribution < 1.29 is 14.4 Å². The van der Waals surface area contributed by atoms with E-state index in [1.807, 2.05) is 77.3 Å². The number of rotatable bonds is 5. The van der Waals surface area contributed by atoms with Gasteiger partial charge in [-0.15, -0.1) is 0 Å². The fourth-order valence-electron chi connectivity index (χ4n) is 6.51. The van der Waals surface area contributed by atoms with Gasteiger partial charge in [0.15, 0.2) is 0 Å². The predicted molar refractivity (Wildman–Crippen MR) is 142 cm³/mol. The lowest BCUT2D eigenvalue weighted by Crippen LogP contribution is -2.65. The third-order valence-corrected chi connectivity index (χ3v) is 7.89. The zero-order valence-corrected chi connectivity index (χ0v) is 23.1. The van der Waals surface area contributed by atoms with E-state index < -0.39 is 17.4 Å². The Morgan fingerprint density at radius 1 is 1.17 bits per heavy atom. The first-order chi connectivity index (χ1) is 16.8. The highest BCUT2D eigenvalue weighted by molar-refractivity contribution is 5.93. The lowest BCUT2D eigenvalue weighted by atomic mass is 9.67. The summed E-state index contributed by atoms with van der Waals surface area (Å²) in [6, 6.07) is 8.25. The Hall–Kier alpha value is -2.83. The highest BCUT2D eigenvalue weighted by Gasteiger charge is 2.57. The van der Waals surface area contributed by atoms with E-state index in [0.29, 0.717) is 13.0 Å². The molecule has 3 atom stereocenters. The fourth-order valence-corrected chi connectivity index (χ4v) is 6.51. The highest BCUT2D eigenvalue weighted by atomic mass is 16.2. The van der Waals surface area contributed by atoms with Crippen molar-refractivity contribution in [1.82, 2.24) is 20.1 Å². The Morgan fingerprint density at radius 2 is 1.81 bits per heavy atom. The Balaban J connectivity index is 1.81. The van der Waals surface area contributed by atoms with Crippen LogP contribution in [-0.2, 0) is 26.3 Å². The lowest BCUT2D eigenvalue weighted by molar-refractivity contribution is -0.166. The fraction of sp³-hybridized carbons (Fsp3) is 0.621. The van der Waals surface area contributed by atoms with Gasteiger partial charge in [-0.05, 0) is 79.9 Å². The Kier molecular flexibility index (Phi) is 6.73. The van der Waals surface area contributed by atoms with Gasteiger partial charge in [-0.25, -0.2) is 0 Å². The molecule has 7 nitrogen and oxygen atoms in total. The van der Waals surface area contributed by atoms with E-state index in [0.717, 1.165) is 23.0 Å². The van der Waals surface area contributed by atoms with Gasteiger partial charge in [0.05, 0.1) is 11.5 Å². The van der Waals surface area contributed by atoms with Crippen LogP contribution in [0.25, 0.3) is 10.9 Å². The molecule has 0 bridgehead atoms. The molecule has 0 saturated carbocycles. The average Bonchev–Trinajstić information content (AvgIpc) is 3.14. The molecule has 1 unspecified atom stereocenters. The number of benzene rings is 1. The molecule has 2 aliphatic rings. The number of piperidine rings is 1. The molecular formula is C29H42N4O3. The van der Waals surface area contributed by atoms with Crippen molar-refractivity contribution in [3.05, 3.63) is 35.5 Å². The summed E-state index contributed by atoms with van der Waals surface area (Å²) < 4.78 is 0. The van der Waals surface area contributed by atoms with Gasteiger partial charge in [0.2, 0.25) is 17.7 Å². The summed E-state index contributed by atoms with van der Waals surface area (Å²) in [6.07, 6.45) is 1.17. The quantitative estimate of drug-likeness (QED) is 0.648. The van der Waals surface area contributed by atoms with Crippen molar-refractivity contribution in [3.8, 4) is 0 Å². The summed E-state index contributed by atoms with van der Waals surface area (Å²) in [5.41, 5.74) is 2.00. The van der Waals surface area contributed by atoms with Crippen LogP contribution in [0.3, 0.4) is 0 Å². The maximum atomic E-state index is 14.3. The number of para-hydroxylation sites is 1. The summed E-state index contributed by atoms with van der Waals surface area (Å²) in [4.78, 5) is 48.5. The summed E-state index contributed by atoms with van der Waals surface area (Å²) in [5.74, 6) is -1.12. The van der Waals surface area contributed by atoms with Crippen LogP contribution < -0.4 is 5.32 Å². The number of nitrogens with zero attached hydrogens (tertiary/aromatic N) is 2. The highest BCUT2D eigenvalue weighted by Crippen LogP contribution is 2.50. The maximum Gasteiger partial charge on any atom is 0.228 e. The van der Waals surface area contributed by atoms with Crippen molar-refractivity contribution >= 4 is 28.6 Å². The maximum absolute atomic E-state index is 14.3. The standard InChI is InChI=1S/C29H42N4O3/c1-17(2)33(18(3)4)27(36)22-15-19(16-24(34)31-28(5,6)7)26(35)32-14-13-21-20-11-9-10-12-23(20)30-25(21)29(22,32)8/h9-12,17-19,22,30H,13-16H2,1-8H3,(H,31,34)/t19?,22-,29+/m1/s1. The van der Waals surface area contributed by atoms with Crippen molar-refractivity contribution in [1.29, 1.82) is 0 Å². The first-order valence-electron chi connectivity index (χ1n) is 13.3. The number of aromatic nitrogens is 1. The average molecular weight is 495 g/mol. The van der Waals surface area contributed by atoms with E-state index in [1.54, 1.807) is 0 Å². The van der Waals surface area contributed by atoms with Gasteiger partial charge in [-0.3, -0.25) is 14.4 Å². The van der Waals surface area contributed by atoms with Gasteiger partial charge in [0.25, 0.3) is 0 Å². The first-order valence-corrected chi connectivity index (χ1v) is 13.3. The van der Waals surface area contributed by atoms with Crippen LogP contribution in [0.15, 0.2) is 24.3 Å². The van der Waals surface area contributed by atoms with Crippen LogP contribution in [0.4, 0.5) is 0 Å². The molecular weight excluding hydrogens is 452 g/mol. The number of aromatic amines is 1. The number of nitrogens with one attached hydrogen (secondary N) is 2. The van der Waals surface area contributed by atoms with Gasteiger partial charge in [0, 0.05) is 53.1 Å². The molecule has 7 heteroatoms. The van der Waals surface area contributed by atoms with Gasteiger partial charge in [-0.1, -0.05) is 18.2 Å². The molecule has 1 aromatic carbocycles. The molecule has 1 aromatic heterocycles. The van der Waals surface area contributed by atoms with Crippen molar-refractivity contribution in [3.63, 3.8) is 0 Å². The minimum Gasteiger partial charge on any atom is -0.356 e. The summed E-state index contributed by atoms with van der Waals surface area (Å²) in [6.45, 7) is 16.5. The Bertz CT molecular complexity index is 1170. The minimum absolute atomic E-state index is 0.0283. The van der Waals surface area contributed by atoms with Crippen molar-refractivity contribution in [2.75, 3.05) is 6.54 Å². The molecule has 3 amide bonds. The largest absolute Gasteiger partial charge is 0.356 e. The molecule has 2 N–H and O–H groups in total. The molecule has 196 valence electrons. The van der Waals surface area contributed by atoms with Crippen LogP contribution in [0.2, 0.25) is 0 Å². The summed E-state index contributed by atoms with van der Waals surface area (Å²) in [7, 11) is 0. The number of fused-ring (bicyclic) bond motifs is 5. The Labute approximate surface area is 215 Å². The number of carbonyl (C=O) groups is 3. The second-order valence-corrected chi connectivity index (χ2v) is 12.3. The molecule has 4 rings (SSSR count). The van der Waals surface area contributed by atoms with Crippen molar-refractivity contribution in [2.45, 2.75) is 97.8 Å². The molecule has 36 heavy (non-hydrogen) atoms. The van der Waals surface area contributed by atoms with Crippen LogP contribution in [0, 0.1) is 11.8 Å². The van der Waals surface area contributed by atoms with Crippen LogP contribution in [-0.4, -0.2) is 56.7 Å². The van der Waals surface area contributed by atoms with E-state index in [-0.39, 0.29) is 41.8 Å². The second-order valence-electron chi connectivity index (χ2n) is 12.3. The van der Waals surface area contributed by atoms with Gasteiger partial charge in [-0.2, -0.15) is 0 Å². The SMILES string of the molecule is CC(C)N(C(=O)[C@H]1CC(CC(=O)NC(C)(C)C)C(=O)N2CCc3c([nH]c4ccccc34)[C@]12C)C(C)C. The van der Waals surface area contributed by atoms with E-state index in [9.17, 15) is 14.4 Å². The van der Waals surface area contributed by atoms with E-state index in [1.165, 1.54) is 5.56 Å². The summed E-state index contributed by atoms with van der Waals surface area (Å²) >= 11 is 0. The molecule has 2 aromatic rings. The van der Waals surface area contributed by atoms with Crippen LogP contribution in [0.1, 0.15) is 79.5 Å². The Morgan fingerprint density at radius 3 is 2.42 bits per heavy atom. The number of hydrogen-bond acceptors (Lipinski definition) is 3. The van der Waals surface area contributed by atoms with E-state index in [2.05, 4.69) is 22.4 Å². The molecule has 2 aliphatic heterocycles. The molecule has 3 heterocycles. The molecule has 0 radical (unpaired) electrons. The zero-order valence-electron chi connectivity index (χ0n) is 23.1. The molecule has 1 fully saturated rings. The number of carbonyl (C=O) groups excluding carboxylic acids is 3. The smallest absolute Gasteiger partial charge is 0.228 e.